The van der Waals surface area contributed by atoms with Crippen LogP contribution in [0.3, 0.4) is 0 Å². The summed E-state index contributed by atoms with van der Waals surface area (Å²) >= 11 is 0. The first-order valence-corrected chi connectivity index (χ1v) is 8.37. The van der Waals surface area contributed by atoms with Crippen LogP contribution in [0.15, 0.2) is 54.7 Å². The first kappa shape index (κ1) is 20.2. The molecule has 0 atom stereocenters. The summed E-state index contributed by atoms with van der Waals surface area (Å²) in [6, 6.07) is 9.92. The van der Waals surface area contributed by atoms with Crippen LogP contribution in [0.5, 0.6) is 0 Å². The van der Waals surface area contributed by atoms with Crippen LogP contribution >= 0.6 is 0 Å². The monoisotopic (exact) mass is 407 g/mol. The lowest BCUT2D eigenvalue weighted by Crippen LogP contribution is -2.05. The quantitative estimate of drug-likeness (QED) is 0.480. The fraction of sp³-hybridized carbons (Fsp3) is 0. The van der Waals surface area contributed by atoms with E-state index in [-0.39, 0.29) is 39.1 Å². The summed E-state index contributed by atoms with van der Waals surface area (Å²) in [5, 5.41) is 37.1. The molecular weight excluding hydrogens is 394 g/mol. The molecule has 150 valence electrons. The number of carboxylic acid groups (broad SMARTS) is 4. The molecule has 30 heavy (non-hydrogen) atoms. The largest absolute Gasteiger partial charge is 0.478 e. The van der Waals surface area contributed by atoms with Gasteiger partial charge < -0.3 is 20.4 Å². The Morgan fingerprint density at radius 2 is 1.10 bits per heavy atom. The Bertz CT molecular complexity index is 1100. The van der Waals surface area contributed by atoms with E-state index in [1.54, 1.807) is 0 Å². The smallest absolute Gasteiger partial charge is 0.336 e. The fourth-order valence-corrected chi connectivity index (χ4v) is 2.89. The second-order valence-corrected chi connectivity index (χ2v) is 6.17. The zero-order valence-electron chi connectivity index (χ0n) is 15.1. The van der Waals surface area contributed by atoms with Crippen molar-refractivity contribution in [3.05, 3.63) is 77.0 Å². The van der Waals surface area contributed by atoms with Gasteiger partial charge in [-0.25, -0.2) is 19.2 Å². The number of hydrogen-bond acceptors (Lipinski definition) is 5. The molecule has 0 fully saturated rings. The van der Waals surface area contributed by atoms with Crippen LogP contribution in [0.1, 0.15) is 41.4 Å². The average Bonchev–Trinajstić information content (AvgIpc) is 2.72. The Morgan fingerprint density at radius 3 is 1.53 bits per heavy atom. The lowest BCUT2D eigenvalue weighted by Gasteiger charge is -2.10. The van der Waals surface area contributed by atoms with Crippen molar-refractivity contribution in [1.29, 1.82) is 0 Å². The van der Waals surface area contributed by atoms with Crippen molar-refractivity contribution >= 4 is 23.9 Å². The molecule has 0 aliphatic heterocycles. The molecule has 4 N–H and O–H groups in total. The summed E-state index contributed by atoms with van der Waals surface area (Å²) in [6.45, 7) is 0. The summed E-state index contributed by atoms with van der Waals surface area (Å²) in [6.07, 6.45) is 1.27. The molecule has 0 aliphatic rings. The predicted octanol–water partition coefficient (Wildman–Crippen LogP) is 3.21. The first-order valence-electron chi connectivity index (χ1n) is 8.37. The molecule has 0 amide bonds. The minimum atomic E-state index is -1.27. The van der Waals surface area contributed by atoms with Gasteiger partial charge in [0.15, 0.2) is 0 Å². The molecule has 9 heteroatoms. The third-order valence-corrected chi connectivity index (χ3v) is 4.34. The highest BCUT2D eigenvalue weighted by Gasteiger charge is 2.18. The third-order valence-electron chi connectivity index (χ3n) is 4.34. The molecule has 0 saturated heterocycles. The topological polar surface area (TPSA) is 162 Å². The molecule has 0 aliphatic carbocycles. The zero-order chi connectivity index (χ0) is 22.0. The summed E-state index contributed by atoms with van der Waals surface area (Å²) in [7, 11) is 0. The molecular formula is C21H13NO8. The number of carboxylic acids is 4. The van der Waals surface area contributed by atoms with Gasteiger partial charge in [0.2, 0.25) is 0 Å². The van der Waals surface area contributed by atoms with Gasteiger partial charge in [0, 0.05) is 17.3 Å². The van der Waals surface area contributed by atoms with Gasteiger partial charge in [0.1, 0.15) is 0 Å². The second kappa shape index (κ2) is 7.84. The van der Waals surface area contributed by atoms with E-state index in [9.17, 15) is 29.4 Å². The van der Waals surface area contributed by atoms with E-state index in [1.807, 2.05) is 0 Å². The molecule has 1 aromatic heterocycles. The van der Waals surface area contributed by atoms with E-state index in [0.717, 1.165) is 6.07 Å². The summed E-state index contributed by atoms with van der Waals surface area (Å²) in [5.41, 5.74) is 0.138. The van der Waals surface area contributed by atoms with Crippen LogP contribution in [-0.2, 0) is 0 Å². The van der Waals surface area contributed by atoms with Gasteiger partial charge in [-0.2, -0.15) is 0 Å². The summed E-state index contributed by atoms with van der Waals surface area (Å²) < 4.78 is 0. The normalized spacial score (nSPS) is 10.4. The van der Waals surface area contributed by atoms with Crippen molar-refractivity contribution in [2.24, 2.45) is 0 Å². The minimum Gasteiger partial charge on any atom is -0.478 e. The van der Waals surface area contributed by atoms with Crippen molar-refractivity contribution in [2.45, 2.75) is 0 Å². The first-order chi connectivity index (χ1) is 14.2. The molecule has 3 aromatic rings. The van der Waals surface area contributed by atoms with Crippen LogP contribution in [0.25, 0.3) is 22.4 Å². The van der Waals surface area contributed by atoms with E-state index in [0.29, 0.717) is 5.56 Å². The number of rotatable bonds is 6. The molecule has 0 bridgehead atoms. The van der Waals surface area contributed by atoms with E-state index in [1.165, 1.54) is 48.7 Å². The van der Waals surface area contributed by atoms with Gasteiger partial charge in [0.25, 0.3) is 0 Å². The number of aromatic carboxylic acids is 4. The van der Waals surface area contributed by atoms with E-state index in [2.05, 4.69) is 4.98 Å². The highest BCUT2D eigenvalue weighted by Crippen LogP contribution is 2.29. The highest BCUT2D eigenvalue weighted by molar-refractivity contribution is 6.00. The van der Waals surface area contributed by atoms with Crippen LogP contribution in [0.4, 0.5) is 0 Å². The lowest BCUT2D eigenvalue weighted by atomic mass is 9.96. The maximum Gasteiger partial charge on any atom is 0.336 e. The van der Waals surface area contributed by atoms with Gasteiger partial charge in [0.05, 0.1) is 27.9 Å². The van der Waals surface area contributed by atoms with Crippen molar-refractivity contribution < 1.29 is 39.6 Å². The van der Waals surface area contributed by atoms with Crippen LogP contribution in [0.2, 0.25) is 0 Å². The Kier molecular flexibility index (Phi) is 5.28. The number of nitrogens with zero attached hydrogens (tertiary/aromatic N) is 1. The Morgan fingerprint density at radius 1 is 0.600 bits per heavy atom. The minimum absolute atomic E-state index is 0.0756. The standard InChI is InChI=1S/C21H13NO8/c23-18(24)10-1-4-13(20(27)28)15(7-10)12-3-6-17(22-9-12)16-8-11(19(25)26)2-5-14(16)21(29)30/h1-9H,(H,23,24)(H,25,26)(H,27,28)(H,29,30). The molecule has 0 unspecified atom stereocenters. The van der Waals surface area contributed by atoms with Gasteiger partial charge >= 0.3 is 23.9 Å². The Labute approximate surface area is 168 Å². The zero-order valence-corrected chi connectivity index (χ0v) is 15.1. The Hall–Kier alpha value is -4.53. The molecule has 2 aromatic carbocycles. The maximum atomic E-state index is 11.5. The van der Waals surface area contributed by atoms with Gasteiger partial charge in [-0.15, -0.1) is 0 Å². The van der Waals surface area contributed by atoms with Crippen molar-refractivity contribution in [3.8, 4) is 22.4 Å². The van der Waals surface area contributed by atoms with Gasteiger partial charge in [-0.1, -0.05) is 6.07 Å². The lowest BCUT2D eigenvalue weighted by molar-refractivity contribution is 0.0682. The van der Waals surface area contributed by atoms with Crippen LogP contribution in [-0.4, -0.2) is 49.3 Å². The molecule has 9 nitrogen and oxygen atoms in total. The van der Waals surface area contributed by atoms with Crippen LogP contribution < -0.4 is 0 Å². The van der Waals surface area contributed by atoms with Crippen molar-refractivity contribution in [2.75, 3.05) is 0 Å². The number of aromatic nitrogens is 1. The maximum absolute atomic E-state index is 11.5. The average molecular weight is 407 g/mol. The number of pyridine rings is 1. The van der Waals surface area contributed by atoms with E-state index < -0.39 is 23.9 Å². The SMILES string of the molecule is O=C(O)c1ccc(C(=O)O)c(-c2ccc(-c3cc(C(=O)O)ccc3C(=O)O)nc2)c1. The van der Waals surface area contributed by atoms with Gasteiger partial charge in [-0.05, 0) is 48.0 Å². The number of hydrogen-bond donors (Lipinski definition) is 4. The third kappa shape index (κ3) is 3.85. The van der Waals surface area contributed by atoms with E-state index >= 15 is 0 Å². The molecule has 3 rings (SSSR count). The van der Waals surface area contributed by atoms with Gasteiger partial charge in [-0.3, -0.25) is 4.98 Å². The molecule has 1 heterocycles. The van der Waals surface area contributed by atoms with Crippen LogP contribution in [0, 0.1) is 0 Å². The van der Waals surface area contributed by atoms with Crippen molar-refractivity contribution in [1.82, 2.24) is 4.98 Å². The Balaban J connectivity index is 2.13. The van der Waals surface area contributed by atoms with E-state index in [4.69, 9.17) is 10.2 Å². The second-order valence-electron chi connectivity index (χ2n) is 6.17. The molecule has 0 radical (unpaired) electrons. The summed E-state index contributed by atoms with van der Waals surface area (Å²) in [5.74, 6) is -4.99. The number of benzene rings is 2. The highest BCUT2D eigenvalue weighted by atomic mass is 16.4. The number of carbonyl (C=O) groups is 4. The predicted molar refractivity (Wildman–Crippen MR) is 103 cm³/mol. The van der Waals surface area contributed by atoms with Crippen molar-refractivity contribution in [3.63, 3.8) is 0 Å². The molecule has 0 saturated carbocycles. The molecule has 0 spiro atoms. The fourth-order valence-electron chi connectivity index (χ4n) is 2.89. The summed E-state index contributed by atoms with van der Waals surface area (Å²) in [4.78, 5) is 49.6.